The van der Waals surface area contributed by atoms with Gasteiger partial charge in [0.25, 0.3) is 0 Å². The molecule has 1 fully saturated rings. The van der Waals surface area contributed by atoms with E-state index in [0.717, 1.165) is 18.2 Å². The lowest BCUT2D eigenvalue weighted by atomic mass is 9.85. The fourth-order valence-corrected chi connectivity index (χ4v) is 4.38. The van der Waals surface area contributed by atoms with Crippen LogP contribution in [0.2, 0.25) is 0 Å². The Kier molecular flexibility index (Phi) is 4.16. The number of halogens is 4. The lowest BCUT2D eigenvalue weighted by Crippen LogP contribution is -2.42. The van der Waals surface area contributed by atoms with E-state index in [1.807, 2.05) is 6.08 Å². The quantitative estimate of drug-likeness (QED) is 0.484. The lowest BCUT2D eigenvalue weighted by molar-refractivity contribution is -0.125. The van der Waals surface area contributed by atoms with Crippen LogP contribution >= 0.6 is 58.2 Å². The molecule has 0 aromatic carbocycles. The van der Waals surface area contributed by atoms with Gasteiger partial charge in [-0.25, -0.2) is 0 Å². The summed E-state index contributed by atoms with van der Waals surface area (Å²) in [6, 6.07) is 0. The fraction of sp³-hybridized carbons (Fsp3) is 0.600. The van der Waals surface area contributed by atoms with Crippen molar-refractivity contribution in [1.29, 1.82) is 0 Å². The van der Waals surface area contributed by atoms with Crippen molar-refractivity contribution in [2.24, 2.45) is 5.92 Å². The van der Waals surface area contributed by atoms with Crippen molar-refractivity contribution in [2.75, 3.05) is 0 Å². The van der Waals surface area contributed by atoms with Crippen molar-refractivity contribution < 1.29 is 9.59 Å². The van der Waals surface area contributed by atoms with E-state index in [2.05, 4.69) is 5.32 Å². The fourth-order valence-electron chi connectivity index (χ4n) is 2.13. The Morgan fingerprint density at radius 3 is 2.72 bits per heavy atom. The second-order valence-electron chi connectivity index (χ2n) is 4.11. The molecule has 100 valence electrons. The highest BCUT2D eigenvalue weighted by molar-refractivity contribution is 8.05. The highest BCUT2D eigenvalue weighted by atomic mass is 35.5. The highest BCUT2D eigenvalue weighted by Crippen LogP contribution is 2.55. The molecule has 0 saturated carbocycles. The minimum absolute atomic E-state index is 0.304. The number of imide groups is 1. The van der Waals surface area contributed by atoms with Gasteiger partial charge in [-0.3, -0.25) is 14.9 Å². The second-order valence-corrected chi connectivity index (χ2v) is 8.56. The minimum Gasteiger partial charge on any atom is -0.295 e. The molecule has 2 unspecified atom stereocenters. The van der Waals surface area contributed by atoms with Crippen molar-refractivity contribution in [3.63, 3.8) is 0 Å². The SMILES string of the molecule is O=C1NC(=O)C2(SC(Cl)(Cl)C(Cl)Cl)C=CCCC12. The van der Waals surface area contributed by atoms with Crippen LogP contribution in [0.5, 0.6) is 0 Å². The summed E-state index contributed by atoms with van der Waals surface area (Å²) < 4.78 is -2.67. The molecule has 2 atom stereocenters. The number of thioether (sulfide) groups is 1. The molecule has 2 aliphatic rings. The highest BCUT2D eigenvalue weighted by Gasteiger charge is 2.58. The van der Waals surface area contributed by atoms with Gasteiger partial charge in [0.2, 0.25) is 11.8 Å². The Balaban J connectivity index is 2.37. The summed E-state index contributed by atoms with van der Waals surface area (Å²) in [6.45, 7) is 0. The first-order chi connectivity index (χ1) is 8.29. The zero-order chi connectivity index (χ0) is 13.6. The topological polar surface area (TPSA) is 46.2 Å². The summed E-state index contributed by atoms with van der Waals surface area (Å²) in [7, 11) is 0. The van der Waals surface area contributed by atoms with Gasteiger partial charge in [0.1, 0.15) is 9.58 Å². The van der Waals surface area contributed by atoms with Crippen LogP contribution in [0, 0.1) is 5.92 Å². The summed E-state index contributed by atoms with van der Waals surface area (Å²) in [6.07, 6.45) is 4.81. The number of fused-ring (bicyclic) bond motifs is 1. The van der Waals surface area contributed by atoms with Gasteiger partial charge in [-0.2, -0.15) is 0 Å². The third-order valence-electron chi connectivity index (χ3n) is 2.97. The molecule has 1 heterocycles. The molecule has 2 amide bonds. The molecule has 8 heteroatoms. The van der Waals surface area contributed by atoms with Crippen molar-refractivity contribution in [2.45, 2.75) is 26.1 Å². The van der Waals surface area contributed by atoms with Gasteiger partial charge in [-0.1, -0.05) is 47.1 Å². The van der Waals surface area contributed by atoms with Crippen LogP contribution in [0.3, 0.4) is 0 Å². The average Bonchev–Trinajstić information content (AvgIpc) is 2.51. The van der Waals surface area contributed by atoms with E-state index in [4.69, 9.17) is 46.4 Å². The Morgan fingerprint density at radius 1 is 1.44 bits per heavy atom. The van der Waals surface area contributed by atoms with E-state index in [1.54, 1.807) is 6.08 Å². The van der Waals surface area contributed by atoms with Crippen LogP contribution in [0.25, 0.3) is 0 Å². The first-order valence-corrected chi connectivity index (χ1v) is 7.63. The van der Waals surface area contributed by atoms with Crippen molar-refractivity contribution in [1.82, 2.24) is 5.32 Å². The number of carbonyl (C=O) groups excluding carboxylic acids is 2. The number of alkyl halides is 4. The van der Waals surface area contributed by atoms with E-state index >= 15 is 0 Å². The number of allylic oxidation sites excluding steroid dienone is 1. The third-order valence-corrected chi connectivity index (χ3v) is 6.68. The van der Waals surface area contributed by atoms with Gasteiger partial charge < -0.3 is 0 Å². The normalized spacial score (nSPS) is 31.7. The third kappa shape index (κ3) is 2.38. The summed E-state index contributed by atoms with van der Waals surface area (Å²) >= 11 is 24.3. The largest absolute Gasteiger partial charge is 0.295 e. The average molecular weight is 349 g/mol. The minimum atomic E-state index is -1.56. The van der Waals surface area contributed by atoms with Crippen LogP contribution in [-0.4, -0.2) is 25.1 Å². The van der Waals surface area contributed by atoms with Gasteiger partial charge >= 0.3 is 0 Å². The number of amides is 2. The smallest absolute Gasteiger partial charge is 0.247 e. The molecule has 1 N–H and O–H groups in total. The maximum absolute atomic E-state index is 12.0. The maximum Gasteiger partial charge on any atom is 0.247 e. The molecule has 0 aromatic heterocycles. The Bertz CT molecular complexity index is 426. The first kappa shape index (κ1) is 14.8. The predicted octanol–water partition coefficient (Wildman–Crippen LogP) is 3.02. The molecular weight excluding hydrogens is 340 g/mol. The number of hydrogen-bond acceptors (Lipinski definition) is 3. The van der Waals surface area contributed by atoms with Crippen LogP contribution in [0.4, 0.5) is 0 Å². The van der Waals surface area contributed by atoms with Crippen LogP contribution < -0.4 is 5.32 Å². The molecule has 1 aliphatic heterocycles. The summed E-state index contributed by atoms with van der Waals surface area (Å²) in [5.74, 6) is -1.20. The van der Waals surface area contributed by atoms with Gasteiger partial charge in [-0.05, 0) is 12.8 Å². The van der Waals surface area contributed by atoms with Crippen LogP contribution in [-0.2, 0) is 9.59 Å². The van der Waals surface area contributed by atoms with Gasteiger partial charge in [-0.15, -0.1) is 23.2 Å². The van der Waals surface area contributed by atoms with Crippen molar-refractivity contribution in [3.05, 3.63) is 12.2 Å². The van der Waals surface area contributed by atoms with Crippen LogP contribution in [0.1, 0.15) is 12.8 Å². The van der Waals surface area contributed by atoms with E-state index in [0.29, 0.717) is 6.42 Å². The van der Waals surface area contributed by atoms with Crippen molar-refractivity contribution >= 4 is 70.0 Å². The zero-order valence-electron chi connectivity index (χ0n) is 8.96. The molecule has 1 saturated heterocycles. The van der Waals surface area contributed by atoms with E-state index in [1.165, 1.54) is 0 Å². The van der Waals surface area contributed by atoms with Crippen LogP contribution in [0.15, 0.2) is 12.2 Å². The monoisotopic (exact) mass is 347 g/mol. The molecular formula is C10H9Cl4NO2S. The molecule has 0 spiro atoms. The molecule has 0 radical (unpaired) electrons. The number of carbonyl (C=O) groups is 2. The van der Waals surface area contributed by atoms with E-state index < -0.39 is 25.1 Å². The Morgan fingerprint density at radius 2 is 2.11 bits per heavy atom. The lowest BCUT2D eigenvalue weighted by Gasteiger charge is -2.35. The molecule has 3 nitrogen and oxygen atoms in total. The Labute approximate surface area is 129 Å². The Hall–Kier alpha value is 0.390. The summed E-state index contributed by atoms with van der Waals surface area (Å²) in [5, 5.41) is 2.31. The maximum atomic E-state index is 12.0. The molecule has 2 rings (SSSR count). The van der Waals surface area contributed by atoms with E-state index in [-0.39, 0.29) is 5.91 Å². The predicted molar refractivity (Wildman–Crippen MR) is 75.3 cm³/mol. The number of nitrogens with one attached hydrogen (secondary N) is 1. The van der Waals surface area contributed by atoms with Gasteiger partial charge in [0, 0.05) is 0 Å². The molecule has 1 aliphatic carbocycles. The molecule has 0 aromatic rings. The number of hydrogen-bond donors (Lipinski definition) is 1. The molecule has 18 heavy (non-hydrogen) atoms. The summed E-state index contributed by atoms with van der Waals surface area (Å²) in [4.78, 5) is 22.7. The molecule has 0 bridgehead atoms. The summed E-state index contributed by atoms with van der Waals surface area (Å²) in [5.41, 5.74) is 0. The van der Waals surface area contributed by atoms with E-state index in [9.17, 15) is 9.59 Å². The number of rotatable bonds is 3. The zero-order valence-corrected chi connectivity index (χ0v) is 12.8. The van der Waals surface area contributed by atoms with Gasteiger partial charge in [0.15, 0.2) is 3.67 Å². The van der Waals surface area contributed by atoms with Crippen molar-refractivity contribution in [3.8, 4) is 0 Å². The second kappa shape index (κ2) is 5.06. The standard InChI is InChI=1S/C10H9Cl4NO2S/c11-7(12)10(13,14)18-9-4-2-1-3-5(9)6(16)15-8(9)17/h2,4-5,7H,1,3H2,(H,15,16,17). The van der Waals surface area contributed by atoms with Gasteiger partial charge in [0.05, 0.1) is 5.92 Å². The first-order valence-electron chi connectivity index (χ1n) is 5.19.